The number of allylic oxidation sites excluding steroid dienone is 5. The molecule has 2 heteroatoms. The van der Waals surface area contributed by atoms with Crippen LogP contribution in [0.25, 0.3) is 0 Å². The van der Waals surface area contributed by atoms with Gasteiger partial charge in [-0.15, -0.1) is 0 Å². The van der Waals surface area contributed by atoms with Gasteiger partial charge in [0.05, 0.1) is 0 Å². The lowest BCUT2D eigenvalue weighted by Crippen LogP contribution is -1.91. The molecule has 0 N–H and O–H groups in total. The second-order valence-electron chi connectivity index (χ2n) is 4.03. The van der Waals surface area contributed by atoms with Gasteiger partial charge in [0.1, 0.15) is 17.3 Å². The minimum absolute atomic E-state index is 0.377. The number of rotatable bonds is 6. The summed E-state index contributed by atoms with van der Waals surface area (Å²) in [5.74, 6) is 1.04. The molecule has 18 heavy (non-hydrogen) atoms. The van der Waals surface area contributed by atoms with Gasteiger partial charge in [-0.3, -0.25) is 0 Å². The Balaban J connectivity index is 2.72. The zero-order valence-corrected chi connectivity index (χ0v) is 10.9. The Morgan fingerprint density at radius 3 is 2.83 bits per heavy atom. The number of aryl methyl sites for hydroxylation is 1. The van der Waals surface area contributed by atoms with E-state index in [1.54, 1.807) is 13.0 Å². The van der Waals surface area contributed by atoms with Crippen LogP contribution in [-0.4, -0.2) is 0 Å². The molecule has 0 aliphatic heterocycles. The highest BCUT2D eigenvalue weighted by molar-refractivity contribution is 5.30. The summed E-state index contributed by atoms with van der Waals surface area (Å²) in [6.45, 7) is 7.27. The van der Waals surface area contributed by atoms with E-state index < -0.39 is 0 Å². The minimum Gasteiger partial charge on any atom is -0.462 e. The van der Waals surface area contributed by atoms with Crippen LogP contribution in [0.2, 0.25) is 0 Å². The van der Waals surface area contributed by atoms with E-state index in [9.17, 15) is 4.39 Å². The lowest BCUT2D eigenvalue weighted by Gasteiger charge is -2.07. The molecule has 1 aromatic carbocycles. The number of hydrogen-bond donors (Lipinski definition) is 0. The van der Waals surface area contributed by atoms with Crippen LogP contribution in [0.4, 0.5) is 4.39 Å². The normalized spacial score (nSPS) is 12.4. The van der Waals surface area contributed by atoms with Gasteiger partial charge in [0.2, 0.25) is 0 Å². The highest BCUT2D eigenvalue weighted by Gasteiger charge is 1.97. The van der Waals surface area contributed by atoms with Crippen molar-refractivity contribution in [1.82, 2.24) is 0 Å². The van der Waals surface area contributed by atoms with Crippen molar-refractivity contribution in [2.75, 3.05) is 0 Å². The van der Waals surface area contributed by atoms with Gasteiger partial charge in [0.25, 0.3) is 0 Å². The van der Waals surface area contributed by atoms with Gasteiger partial charge in [-0.1, -0.05) is 32.1 Å². The van der Waals surface area contributed by atoms with Crippen LogP contribution in [-0.2, 0) is 6.42 Å². The Morgan fingerprint density at radius 2 is 2.17 bits per heavy atom. The summed E-state index contributed by atoms with van der Waals surface area (Å²) >= 11 is 0. The standard InChI is InChI=1S/C16H19FO/c1-4-7-14-8-6-9-16(12-14)18-13(3)10-11-15(17)5-2/h5-6,8-12H,2,4,7H2,1,3H3/b13-10+,15-11+. The summed E-state index contributed by atoms with van der Waals surface area (Å²) in [5.41, 5.74) is 1.25. The zero-order chi connectivity index (χ0) is 13.4. The summed E-state index contributed by atoms with van der Waals surface area (Å²) in [6, 6.07) is 7.94. The maximum Gasteiger partial charge on any atom is 0.127 e. The lowest BCUT2D eigenvalue weighted by molar-refractivity contribution is 0.427. The van der Waals surface area contributed by atoms with E-state index in [-0.39, 0.29) is 5.83 Å². The maximum atomic E-state index is 12.8. The number of halogens is 1. The van der Waals surface area contributed by atoms with E-state index in [0.717, 1.165) is 24.7 Å². The van der Waals surface area contributed by atoms with E-state index >= 15 is 0 Å². The SMILES string of the molecule is C=C/C(F)=C\C=C(/C)Oc1cccc(CCC)c1. The Morgan fingerprint density at radius 1 is 1.39 bits per heavy atom. The van der Waals surface area contributed by atoms with Crippen LogP contribution in [0, 0.1) is 0 Å². The largest absolute Gasteiger partial charge is 0.462 e. The van der Waals surface area contributed by atoms with Gasteiger partial charge in [-0.05, 0) is 49.3 Å². The van der Waals surface area contributed by atoms with Crippen LogP contribution in [0.1, 0.15) is 25.8 Å². The Kier molecular flexibility index (Phi) is 5.92. The molecule has 0 heterocycles. The van der Waals surface area contributed by atoms with Gasteiger partial charge >= 0.3 is 0 Å². The molecule has 1 rings (SSSR count). The first-order chi connectivity index (χ1) is 8.65. The Bertz CT molecular complexity index is 458. The highest BCUT2D eigenvalue weighted by atomic mass is 19.1. The molecule has 0 bridgehead atoms. The quantitative estimate of drug-likeness (QED) is 0.509. The predicted octanol–water partition coefficient (Wildman–Crippen LogP) is 4.96. The third kappa shape index (κ3) is 5.00. The third-order valence-electron chi connectivity index (χ3n) is 2.39. The topological polar surface area (TPSA) is 9.23 Å². The molecule has 0 saturated heterocycles. The molecule has 0 aliphatic carbocycles. The van der Waals surface area contributed by atoms with Crippen molar-refractivity contribution in [3.63, 3.8) is 0 Å². The second-order valence-corrected chi connectivity index (χ2v) is 4.03. The van der Waals surface area contributed by atoms with E-state index in [2.05, 4.69) is 19.6 Å². The molecule has 1 aromatic rings. The van der Waals surface area contributed by atoms with Crippen LogP contribution in [0.3, 0.4) is 0 Å². The Hall–Kier alpha value is -1.83. The molecular formula is C16H19FO. The van der Waals surface area contributed by atoms with E-state index in [1.807, 2.05) is 18.2 Å². The number of benzene rings is 1. The fraction of sp³-hybridized carbons (Fsp3) is 0.250. The first kappa shape index (κ1) is 14.2. The minimum atomic E-state index is -0.377. The average Bonchev–Trinajstić information content (AvgIpc) is 2.37. The highest BCUT2D eigenvalue weighted by Crippen LogP contribution is 2.17. The maximum absolute atomic E-state index is 12.8. The van der Waals surface area contributed by atoms with Gasteiger partial charge in [-0.25, -0.2) is 4.39 Å². The van der Waals surface area contributed by atoms with Crippen molar-refractivity contribution in [3.05, 3.63) is 66.2 Å². The van der Waals surface area contributed by atoms with Crippen LogP contribution in [0.5, 0.6) is 5.75 Å². The van der Waals surface area contributed by atoms with Crippen molar-refractivity contribution < 1.29 is 9.13 Å². The van der Waals surface area contributed by atoms with E-state index in [1.165, 1.54) is 11.6 Å². The molecule has 0 aromatic heterocycles. The molecule has 0 spiro atoms. The smallest absolute Gasteiger partial charge is 0.127 e. The molecule has 0 aliphatic rings. The molecule has 0 fully saturated rings. The monoisotopic (exact) mass is 246 g/mol. The average molecular weight is 246 g/mol. The molecule has 0 radical (unpaired) electrons. The fourth-order valence-electron chi connectivity index (χ4n) is 1.54. The molecule has 0 unspecified atom stereocenters. The van der Waals surface area contributed by atoms with Crippen LogP contribution in [0.15, 0.2) is 60.7 Å². The molecule has 96 valence electrons. The summed E-state index contributed by atoms with van der Waals surface area (Å²) in [5, 5.41) is 0. The zero-order valence-electron chi connectivity index (χ0n) is 10.9. The summed E-state index contributed by atoms with van der Waals surface area (Å²) in [4.78, 5) is 0. The van der Waals surface area contributed by atoms with E-state index in [4.69, 9.17) is 4.74 Å². The van der Waals surface area contributed by atoms with Gasteiger partial charge < -0.3 is 4.74 Å². The Labute approximate surface area is 108 Å². The van der Waals surface area contributed by atoms with Crippen molar-refractivity contribution >= 4 is 0 Å². The van der Waals surface area contributed by atoms with Gasteiger partial charge in [0, 0.05) is 0 Å². The van der Waals surface area contributed by atoms with Gasteiger partial charge in [-0.2, -0.15) is 0 Å². The molecule has 1 nitrogen and oxygen atoms in total. The fourth-order valence-corrected chi connectivity index (χ4v) is 1.54. The summed E-state index contributed by atoms with van der Waals surface area (Å²) in [6.07, 6.45) is 6.21. The van der Waals surface area contributed by atoms with Gasteiger partial charge in [0.15, 0.2) is 0 Å². The first-order valence-electron chi connectivity index (χ1n) is 6.09. The van der Waals surface area contributed by atoms with Crippen molar-refractivity contribution in [3.8, 4) is 5.75 Å². The van der Waals surface area contributed by atoms with E-state index in [0.29, 0.717) is 5.76 Å². The first-order valence-corrected chi connectivity index (χ1v) is 6.09. The van der Waals surface area contributed by atoms with Crippen molar-refractivity contribution in [2.45, 2.75) is 26.7 Å². The number of ether oxygens (including phenoxy) is 1. The van der Waals surface area contributed by atoms with Crippen LogP contribution < -0.4 is 4.74 Å². The summed E-state index contributed by atoms with van der Waals surface area (Å²) < 4.78 is 18.5. The number of hydrogen-bond acceptors (Lipinski definition) is 1. The van der Waals surface area contributed by atoms with Crippen LogP contribution >= 0.6 is 0 Å². The molecule has 0 amide bonds. The molecular weight excluding hydrogens is 227 g/mol. The van der Waals surface area contributed by atoms with Crippen molar-refractivity contribution in [1.29, 1.82) is 0 Å². The third-order valence-corrected chi connectivity index (χ3v) is 2.39. The van der Waals surface area contributed by atoms with Crippen molar-refractivity contribution in [2.24, 2.45) is 0 Å². The molecule has 0 saturated carbocycles. The predicted molar refractivity (Wildman–Crippen MR) is 74.2 cm³/mol. The summed E-state index contributed by atoms with van der Waals surface area (Å²) in [7, 11) is 0. The second kappa shape index (κ2) is 7.49. The lowest BCUT2D eigenvalue weighted by atomic mass is 10.1. The molecule has 0 atom stereocenters.